The number of anilines is 2. The molecule has 1 fully saturated rings. The number of methoxy groups -OCH3 is 1. The maximum Gasteiger partial charge on any atom is 0.410 e. The smallest absolute Gasteiger partial charge is 0.410 e. The molecule has 0 radical (unpaired) electrons. The van der Waals surface area contributed by atoms with Crippen LogP contribution >= 0.6 is 0 Å². The number of para-hydroxylation sites is 1. The van der Waals surface area contributed by atoms with Crippen molar-refractivity contribution in [3.05, 3.63) is 84.6 Å². The Morgan fingerprint density at radius 3 is 2.60 bits per heavy atom. The number of hydrogen-bond acceptors (Lipinski definition) is 9. The molecule has 45 heavy (non-hydrogen) atoms. The first-order valence-corrected chi connectivity index (χ1v) is 14.6. The van der Waals surface area contributed by atoms with Gasteiger partial charge in [0, 0.05) is 24.7 Å². The third-order valence-electron chi connectivity index (χ3n) is 7.43. The Labute approximate surface area is 259 Å². The number of carbonyl (C=O) groups is 3. The van der Waals surface area contributed by atoms with Gasteiger partial charge in [-0.2, -0.15) is 0 Å². The third kappa shape index (κ3) is 8.21. The number of benzene rings is 2. The second-order valence-electron chi connectivity index (χ2n) is 10.5. The fraction of sp³-hybridized carbons (Fsp3) is 0.312. The maximum atomic E-state index is 13.1. The molecule has 1 aliphatic rings. The Balaban J connectivity index is 1.14. The van der Waals surface area contributed by atoms with E-state index in [1.165, 1.54) is 7.11 Å². The van der Waals surface area contributed by atoms with Crippen molar-refractivity contribution in [2.24, 2.45) is 0 Å². The molecule has 236 valence electrons. The van der Waals surface area contributed by atoms with Crippen LogP contribution in [-0.2, 0) is 25.7 Å². The summed E-state index contributed by atoms with van der Waals surface area (Å²) in [7, 11) is 1.50. The van der Waals surface area contributed by atoms with Crippen LogP contribution in [0.2, 0.25) is 0 Å². The van der Waals surface area contributed by atoms with Crippen molar-refractivity contribution in [2.45, 2.75) is 31.2 Å². The van der Waals surface area contributed by atoms with Crippen LogP contribution in [0, 0.1) is 0 Å². The van der Waals surface area contributed by atoms with Gasteiger partial charge in [-0.25, -0.2) is 14.6 Å². The highest BCUT2D eigenvalue weighted by molar-refractivity contribution is 5.93. The first-order chi connectivity index (χ1) is 21.9. The summed E-state index contributed by atoms with van der Waals surface area (Å²) >= 11 is 0. The Morgan fingerprint density at radius 1 is 1.07 bits per heavy atom. The number of nitrogens with one attached hydrogen (secondary N) is 4. The van der Waals surface area contributed by atoms with E-state index in [0.717, 1.165) is 16.5 Å². The van der Waals surface area contributed by atoms with Crippen molar-refractivity contribution >= 4 is 40.5 Å². The molecule has 2 aromatic heterocycles. The first kappa shape index (κ1) is 31.1. The van der Waals surface area contributed by atoms with Gasteiger partial charge in [0.1, 0.15) is 30.9 Å². The average Bonchev–Trinajstić information content (AvgIpc) is 3.65. The number of carbonyl (C=O) groups excluding carboxylic acids is 2. The van der Waals surface area contributed by atoms with Crippen LogP contribution in [0.3, 0.4) is 0 Å². The molecule has 3 atom stereocenters. The number of pyridine rings is 1. The summed E-state index contributed by atoms with van der Waals surface area (Å²) < 4.78 is 16.9. The molecule has 0 aliphatic carbocycles. The summed E-state index contributed by atoms with van der Waals surface area (Å²) in [6.07, 6.45) is 1.23. The topological polar surface area (TPSA) is 167 Å². The molecule has 13 nitrogen and oxygen atoms in total. The number of fused-ring (bicyclic) bond motifs is 1. The zero-order valence-corrected chi connectivity index (χ0v) is 24.8. The van der Waals surface area contributed by atoms with Crippen molar-refractivity contribution < 1.29 is 33.7 Å². The minimum atomic E-state index is -1.15. The van der Waals surface area contributed by atoms with Crippen molar-refractivity contribution in [3.63, 3.8) is 0 Å². The predicted octanol–water partition coefficient (Wildman–Crippen LogP) is 3.46. The summed E-state index contributed by atoms with van der Waals surface area (Å²) in [6.45, 7) is 0.268. The maximum absolute atomic E-state index is 13.1. The van der Waals surface area contributed by atoms with Gasteiger partial charge in [-0.15, -0.1) is 0 Å². The number of likely N-dealkylation sites (tertiary alicyclic amines) is 1. The van der Waals surface area contributed by atoms with Crippen LogP contribution < -0.4 is 20.7 Å². The SMILES string of the molecule is COc1c(NC(CNC(=O)COC2CC(CNc3ccccn3)N(C(=O)OCc3ccccc3)C2)C(=O)O)[nH]c2ccccc12. The fourth-order valence-electron chi connectivity index (χ4n) is 5.17. The minimum absolute atomic E-state index is 0.133. The third-order valence-corrected chi connectivity index (χ3v) is 7.43. The van der Waals surface area contributed by atoms with E-state index in [9.17, 15) is 19.5 Å². The van der Waals surface area contributed by atoms with Crippen molar-refractivity contribution in [3.8, 4) is 5.75 Å². The molecule has 2 amide bonds. The van der Waals surface area contributed by atoms with Crippen molar-refractivity contribution in [1.29, 1.82) is 0 Å². The van der Waals surface area contributed by atoms with Gasteiger partial charge in [0.05, 0.1) is 31.3 Å². The van der Waals surface area contributed by atoms with Crippen LogP contribution in [0.25, 0.3) is 10.9 Å². The van der Waals surface area contributed by atoms with Gasteiger partial charge in [0.25, 0.3) is 0 Å². The standard InChI is InChI=1S/C32H36N6O7/c1-43-29-24-11-5-6-12-25(24)36-30(29)37-26(31(40)41)17-35-28(39)20-44-23-15-22(16-34-27-13-7-8-14-33-27)38(18-23)32(42)45-19-21-9-3-2-4-10-21/h2-14,22-23,26,36-37H,15-20H2,1H3,(H,33,34)(H,35,39)(H,40,41). The van der Waals surface area contributed by atoms with E-state index in [4.69, 9.17) is 14.2 Å². The largest absolute Gasteiger partial charge is 0.492 e. The van der Waals surface area contributed by atoms with Crippen LogP contribution in [0.1, 0.15) is 12.0 Å². The van der Waals surface area contributed by atoms with Crippen molar-refractivity contribution in [2.75, 3.05) is 44.0 Å². The van der Waals surface area contributed by atoms with Crippen molar-refractivity contribution in [1.82, 2.24) is 20.2 Å². The Hall–Kier alpha value is -5.30. The van der Waals surface area contributed by atoms with Gasteiger partial charge in [0.2, 0.25) is 5.91 Å². The van der Waals surface area contributed by atoms with E-state index in [1.807, 2.05) is 72.8 Å². The lowest BCUT2D eigenvalue weighted by Gasteiger charge is -2.24. The number of H-pyrrole nitrogens is 1. The number of aromatic amines is 1. The van der Waals surface area contributed by atoms with Gasteiger partial charge < -0.3 is 45.2 Å². The summed E-state index contributed by atoms with van der Waals surface area (Å²) in [6, 6.07) is 20.9. The highest BCUT2D eigenvalue weighted by Crippen LogP contribution is 2.34. The monoisotopic (exact) mass is 616 g/mol. The molecular weight excluding hydrogens is 580 g/mol. The second kappa shape index (κ2) is 14.9. The molecular formula is C32H36N6O7. The molecule has 0 spiro atoms. The minimum Gasteiger partial charge on any atom is -0.492 e. The normalized spacial score (nSPS) is 16.6. The van der Waals surface area contributed by atoms with E-state index in [0.29, 0.717) is 30.4 Å². The Kier molecular flexibility index (Phi) is 10.3. The van der Waals surface area contributed by atoms with E-state index < -0.39 is 30.1 Å². The number of ether oxygens (including phenoxy) is 3. The molecule has 3 heterocycles. The van der Waals surface area contributed by atoms with Gasteiger partial charge >= 0.3 is 12.1 Å². The highest BCUT2D eigenvalue weighted by Gasteiger charge is 2.37. The number of carboxylic acid groups (broad SMARTS) is 1. The van der Waals surface area contributed by atoms with E-state index in [1.54, 1.807) is 11.1 Å². The lowest BCUT2D eigenvalue weighted by Crippen LogP contribution is -2.43. The van der Waals surface area contributed by atoms with Gasteiger partial charge in [0.15, 0.2) is 5.75 Å². The van der Waals surface area contributed by atoms with Crippen LogP contribution in [0.4, 0.5) is 16.4 Å². The number of nitrogens with zero attached hydrogens (tertiary/aromatic N) is 2. The summed E-state index contributed by atoms with van der Waals surface area (Å²) in [5.74, 6) is -0.0927. The molecule has 3 unspecified atom stereocenters. The highest BCUT2D eigenvalue weighted by atomic mass is 16.6. The molecule has 5 rings (SSSR count). The zero-order chi connectivity index (χ0) is 31.6. The zero-order valence-electron chi connectivity index (χ0n) is 24.8. The van der Waals surface area contributed by atoms with Crippen LogP contribution in [-0.4, -0.2) is 89.5 Å². The summed E-state index contributed by atoms with van der Waals surface area (Å²) in [5, 5.41) is 19.4. The number of amides is 2. The van der Waals surface area contributed by atoms with E-state index in [2.05, 4.69) is 25.9 Å². The second-order valence-corrected chi connectivity index (χ2v) is 10.5. The number of rotatable bonds is 14. The number of aliphatic carboxylic acids is 1. The van der Waals surface area contributed by atoms with Crippen LogP contribution in [0.5, 0.6) is 5.75 Å². The Bertz CT molecular complexity index is 1580. The Morgan fingerprint density at radius 2 is 1.84 bits per heavy atom. The number of hydrogen-bond donors (Lipinski definition) is 5. The molecule has 5 N–H and O–H groups in total. The number of aromatic nitrogens is 2. The summed E-state index contributed by atoms with van der Waals surface area (Å²) in [5.41, 5.74) is 1.65. The first-order valence-electron chi connectivity index (χ1n) is 14.6. The van der Waals surface area contributed by atoms with E-state index in [-0.39, 0.29) is 32.3 Å². The van der Waals surface area contributed by atoms with E-state index >= 15 is 0 Å². The summed E-state index contributed by atoms with van der Waals surface area (Å²) in [4.78, 5) is 46.7. The molecule has 0 bridgehead atoms. The lowest BCUT2D eigenvalue weighted by molar-refractivity contribution is -0.138. The molecule has 13 heteroatoms. The fourth-order valence-corrected chi connectivity index (χ4v) is 5.17. The molecule has 0 saturated carbocycles. The predicted molar refractivity (Wildman–Crippen MR) is 167 cm³/mol. The van der Waals surface area contributed by atoms with Gasteiger partial charge in [-0.3, -0.25) is 4.79 Å². The molecule has 1 saturated heterocycles. The lowest BCUT2D eigenvalue weighted by atomic mass is 10.2. The van der Waals surface area contributed by atoms with Gasteiger partial charge in [-0.1, -0.05) is 48.5 Å². The van der Waals surface area contributed by atoms with Gasteiger partial charge in [-0.05, 0) is 36.2 Å². The molecule has 1 aliphatic heterocycles. The quantitative estimate of drug-likeness (QED) is 0.142. The van der Waals surface area contributed by atoms with Crippen LogP contribution in [0.15, 0.2) is 79.0 Å². The average molecular weight is 617 g/mol. The molecule has 4 aromatic rings. The number of carboxylic acids is 1. The molecule has 2 aromatic carbocycles.